The number of anilines is 1. The fourth-order valence-electron chi connectivity index (χ4n) is 3.34. The van der Waals surface area contributed by atoms with Crippen LogP contribution in [0, 0.1) is 5.82 Å². The van der Waals surface area contributed by atoms with Crippen molar-refractivity contribution in [2.24, 2.45) is 0 Å². The van der Waals surface area contributed by atoms with Crippen LogP contribution in [0.3, 0.4) is 0 Å². The van der Waals surface area contributed by atoms with Gasteiger partial charge in [0.15, 0.2) is 11.6 Å². The maximum absolute atomic E-state index is 15.2. The van der Waals surface area contributed by atoms with Gasteiger partial charge in [-0.3, -0.25) is 14.5 Å². The maximum atomic E-state index is 15.2. The van der Waals surface area contributed by atoms with Gasteiger partial charge in [0.25, 0.3) is 0 Å². The minimum atomic E-state index is -3.75. The molecule has 0 unspecified atom stereocenters. The average molecular weight is 473 g/mol. The molecular formula is C22H18ClFN4O3S. The predicted octanol–water partition coefficient (Wildman–Crippen LogP) is 4.80. The molecule has 0 aliphatic heterocycles. The van der Waals surface area contributed by atoms with Crippen LogP contribution in [-0.4, -0.2) is 34.9 Å². The second kappa shape index (κ2) is 8.68. The van der Waals surface area contributed by atoms with Crippen molar-refractivity contribution in [1.29, 1.82) is 0 Å². The van der Waals surface area contributed by atoms with E-state index < -0.39 is 27.2 Å². The summed E-state index contributed by atoms with van der Waals surface area (Å²) in [7, 11) is -3.75. The first kappa shape index (κ1) is 21.9. The van der Waals surface area contributed by atoms with E-state index in [0.29, 0.717) is 17.5 Å². The first-order valence-corrected chi connectivity index (χ1v) is 11.7. The van der Waals surface area contributed by atoms with E-state index in [2.05, 4.69) is 19.7 Å². The molecule has 0 fully saturated rings. The first-order valence-electron chi connectivity index (χ1n) is 9.71. The molecule has 164 valence electrons. The third kappa shape index (κ3) is 4.21. The number of benzene rings is 1. The SMILES string of the molecule is CCCS(=O)(=O)Nc1ccc(Cl)c(C(=O)c2c[nH]c3ncc(-c4cccnc4)cc23)c1F. The predicted molar refractivity (Wildman–Crippen MR) is 122 cm³/mol. The van der Waals surface area contributed by atoms with Crippen LogP contribution in [0.15, 0.2) is 55.1 Å². The van der Waals surface area contributed by atoms with E-state index >= 15 is 4.39 Å². The molecule has 4 rings (SSSR count). The molecule has 10 heteroatoms. The lowest BCUT2D eigenvalue weighted by molar-refractivity contribution is 0.103. The molecule has 0 amide bonds. The second-order valence-corrected chi connectivity index (χ2v) is 9.35. The van der Waals surface area contributed by atoms with Crippen molar-refractivity contribution in [3.8, 4) is 11.1 Å². The molecule has 4 aromatic rings. The number of aromatic amines is 1. The number of ketones is 1. The summed E-state index contributed by atoms with van der Waals surface area (Å²) in [4.78, 5) is 24.6. The number of carbonyl (C=O) groups is 1. The summed E-state index contributed by atoms with van der Waals surface area (Å²) in [5.41, 5.74) is 1.38. The van der Waals surface area contributed by atoms with Gasteiger partial charge >= 0.3 is 0 Å². The van der Waals surface area contributed by atoms with Crippen LogP contribution in [-0.2, 0) is 10.0 Å². The highest BCUT2D eigenvalue weighted by Gasteiger charge is 2.25. The Hall–Kier alpha value is -3.30. The minimum Gasteiger partial charge on any atom is -0.345 e. The lowest BCUT2D eigenvalue weighted by atomic mass is 10.0. The van der Waals surface area contributed by atoms with Crippen molar-refractivity contribution < 1.29 is 17.6 Å². The van der Waals surface area contributed by atoms with Crippen molar-refractivity contribution >= 4 is 44.1 Å². The Balaban J connectivity index is 1.79. The fourth-order valence-corrected chi connectivity index (χ4v) is 4.71. The van der Waals surface area contributed by atoms with E-state index in [1.807, 2.05) is 6.07 Å². The lowest BCUT2D eigenvalue weighted by Gasteiger charge is -2.12. The van der Waals surface area contributed by atoms with E-state index in [4.69, 9.17) is 11.6 Å². The number of sulfonamides is 1. The van der Waals surface area contributed by atoms with Gasteiger partial charge in [-0.1, -0.05) is 24.6 Å². The van der Waals surface area contributed by atoms with Crippen molar-refractivity contribution in [1.82, 2.24) is 15.0 Å². The number of halogens is 2. The van der Waals surface area contributed by atoms with E-state index in [1.165, 1.54) is 18.3 Å². The number of carbonyl (C=O) groups excluding carboxylic acids is 1. The van der Waals surface area contributed by atoms with Gasteiger partial charge in [-0.2, -0.15) is 0 Å². The number of hydrogen-bond acceptors (Lipinski definition) is 5. The Labute approximate surface area is 188 Å². The topological polar surface area (TPSA) is 105 Å². The number of pyridine rings is 2. The maximum Gasteiger partial charge on any atom is 0.232 e. The molecule has 1 aromatic carbocycles. The molecule has 0 radical (unpaired) electrons. The number of fused-ring (bicyclic) bond motifs is 1. The number of aromatic nitrogens is 3. The van der Waals surface area contributed by atoms with Gasteiger partial charge in [-0.25, -0.2) is 17.8 Å². The molecule has 32 heavy (non-hydrogen) atoms. The highest BCUT2D eigenvalue weighted by atomic mass is 35.5. The molecule has 0 saturated heterocycles. The van der Waals surface area contributed by atoms with Crippen LogP contribution in [0.5, 0.6) is 0 Å². The van der Waals surface area contributed by atoms with Crippen LogP contribution >= 0.6 is 11.6 Å². The van der Waals surface area contributed by atoms with E-state index in [-0.39, 0.29) is 22.0 Å². The van der Waals surface area contributed by atoms with Crippen molar-refractivity contribution in [3.05, 3.63) is 77.1 Å². The van der Waals surface area contributed by atoms with Gasteiger partial charge in [0.05, 0.1) is 22.0 Å². The third-order valence-electron chi connectivity index (χ3n) is 4.83. The second-order valence-electron chi connectivity index (χ2n) is 7.10. The number of nitrogens with one attached hydrogen (secondary N) is 2. The Morgan fingerprint density at radius 3 is 2.75 bits per heavy atom. The van der Waals surface area contributed by atoms with Gasteiger partial charge in [0, 0.05) is 46.9 Å². The zero-order valence-electron chi connectivity index (χ0n) is 16.9. The van der Waals surface area contributed by atoms with Gasteiger partial charge in [0.2, 0.25) is 10.0 Å². The molecule has 7 nitrogen and oxygen atoms in total. The van der Waals surface area contributed by atoms with Crippen LogP contribution in [0.25, 0.3) is 22.2 Å². The summed E-state index contributed by atoms with van der Waals surface area (Å²) in [5.74, 6) is -1.91. The Kier molecular flexibility index (Phi) is 5.94. The highest BCUT2D eigenvalue weighted by Crippen LogP contribution is 2.31. The summed E-state index contributed by atoms with van der Waals surface area (Å²) in [6.45, 7) is 1.69. The molecule has 0 saturated carbocycles. The zero-order valence-corrected chi connectivity index (χ0v) is 18.5. The van der Waals surface area contributed by atoms with Crippen molar-refractivity contribution in [2.75, 3.05) is 10.5 Å². The number of rotatable bonds is 7. The monoisotopic (exact) mass is 472 g/mol. The quantitative estimate of drug-likeness (QED) is 0.376. The first-order chi connectivity index (χ1) is 15.3. The summed E-state index contributed by atoms with van der Waals surface area (Å²) < 4.78 is 41.6. The highest BCUT2D eigenvalue weighted by molar-refractivity contribution is 7.92. The van der Waals surface area contributed by atoms with E-state index in [0.717, 1.165) is 11.1 Å². The molecule has 0 bridgehead atoms. The molecule has 0 aliphatic carbocycles. The summed E-state index contributed by atoms with van der Waals surface area (Å²) in [5, 5.41) is 0.348. The molecule has 0 atom stereocenters. The Morgan fingerprint density at radius 2 is 2.03 bits per heavy atom. The number of hydrogen-bond donors (Lipinski definition) is 2. The van der Waals surface area contributed by atoms with Crippen molar-refractivity contribution in [3.63, 3.8) is 0 Å². The minimum absolute atomic E-state index is 0.128. The molecular weight excluding hydrogens is 455 g/mol. The van der Waals surface area contributed by atoms with Crippen LogP contribution in [0.1, 0.15) is 29.3 Å². The Bertz CT molecular complexity index is 1420. The third-order valence-corrected chi connectivity index (χ3v) is 6.62. The Morgan fingerprint density at radius 1 is 1.22 bits per heavy atom. The van der Waals surface area contributed by atoms with Gasteiger partial charge in [-0.05, 0) is 30.7 Å². The molecule has 2 N–H and O–H groups in total. The molecule has 3 aromatic heterocycles. The van der Waals surface area contributed by atoms with Gasteiger partial charge in [0.1, 0.15) is 5.65 Å². The number of nitrogens with zero attached hydrogens (tertiary/aromatic N) is 2. The standard InChI is InChI=1S/C22H18ClFN4O3S/c1-2-8-32(30,31)28-18-6-5-17(23)19(20(18)24)21(29)16-12-27-22-15(16)9-14(11-26-22)13-4-3-7-25-10-13/h3-7,9-12,28H,2,8H2,1H3,(H,26,27). The fraction of sp³-hybridized carbons (Fsp3) is 0.136. The van der Waals surface area contributed by atoms with Crippen LogP contribution in [0.4, 0.5) is 10.1 Å². The van der Waals surface area contributed by atoms with Gasteiger partial charge in [-0.15, -0.1) is 0 Å². The molecule has 0 aliphatic rings. The van der Waals surface area contributed by atoms with E-state index in [1.54, 1.807) is 37.6 Å². The van der Waals surface area contributed by atoms with E-state index in [9.17, 15) is 13.2 Å². The van der Waals surface area contributed by atoms with Crippen LogP contribution < -0.4 is 4.72 Å². The van der Waals surface area contributed by atoms with Crippen molar-refractivity contribution in [2.45, 2.75) is 13.3 Å². The summed E-state index contributed by atoms with van der Waals surface area (Å²) >= 11 is 6.15. The largest absolute Gasteiger partial charge is 0.345 e. The van der Waals surface area contributed by atoms with Crippen LogP contribution in [0.2, 0.25) is 5.02 Å². The lowest BCUT2D eigenvalue weighted by Crippen LogP contribution is -2.18. The normalized spacial score (nSPS) is 11.6. The van der Waals surface area contributed by atoms with Gasteiger partial charge < -0.3 is 4.98 Å². The summed E-state index contributed by atoms with van der Waals surface area (Å²) in [6.07, 6.45) is 6.74. The zero-order chi connectivity index (χ0) is 22.9. The summed E-state index contributed by atoms with van der Waals surface area (Å²) in [6, 6.07) is 7.87. The molecule has 3 heterocycles. The average Bonchev–Trinajstić information content (AvgIpc) is 3.19. The molecule has 0 spiro atoms. The number of H-pyrrole nitrogens is 1. The smallest absolute Gasteiger partial charge is 0.232 e.